The summed E-state index contributed by atoms with van der Waals surface area (Å²) in [6, 6.07) is 11.6. The highest BCUT2D eigenvalue weighted by atomic mass is 16.5. The van der Waals surface area contributed by atoms with Crippen LogP contribution in [0.15, 0.2) is 47.3 Å². The summed E-state index contributed by atoms with van der Waals surface area (Å²) in [5.74, 6) is 0.210. The number of carbonyl (C=O) groups excluding carboxylic acids is 1. The van der Waals surface area contributed by atoms with Crippen molar-refractivity contribution in [3.8, 4) is 5.75 Å². The monoisotopic (exact) mass is 258 g/mol. The van der Waals surface area contributed by atoms with Gasteiger partial charge in [-0.25, -0.2) is 0 Å². The van der Waals surface area contributed by atoms with E-state index in [2.05, 4.69) is 10.3 Å². The van der Waals surface area contributed by atoms with E-state index in [0.29, 0.717) is 18.0 Å². The maximum atomic E-state index is 12.0. The van der Waals surface area contributed by atoms with E-state index in [-0.39, 0.29) is 17.2 Å². The zero-order valence-electron chi connectivity index (χ0n) is 10.5. The Labute approximate surface area is 110 Å². The Hall–Kier alpha value is -2.56. The van der Waals surface area contributed by atoms with E-state index in [1.807, 2.05) is 13.0 Å². The van der Waals surface area contributed by atoms with Crippen LogP contribution in [-0.2, 0) is 0 Å². The highest BCUT2D eigenvalue weighted by Gasteiger charge is 2.09. The summed E-state index contributed by atoms with van der Waals surface area (Å²) in [6.07, 6.45) is 0. The second-order valence-corrected chi connectivity index (χ2v) is 3.81. The van der Waals surface area contributed by atoms with Gasteiger partial charge in [-0.2, -0.15) is 0 Å². The zero-order chi connectivity index (χ0) is 13.7. The minimum absolute atomic E-state index is 0.207. The quantitative estimate of drug-likeness (QED) is 0.881. The molecule has 98 valence electrons. The summed E-state index contributed by atoms with van der Waals surface area (Å²) >= 11 is 0. The highest BCUT2D eigenvalue weighted by molar-refractivity contribution is 6.03. The van der Waals surface area contributed by atoms with Gasteiger partial charge in [0.05, 0.1) is 12.3 Å². The van der Waals surface area contributed by atoms with E-state index < -0.39 is 0 Å². The minimum Gasteiger partial charge on any atom is -0.492 e. The van der Waals surface area contributed by atoms with Gasteiger partial charge in [0.25, 0.3) is 5.91 Å². The molecule has 1 amide bonds. The number of para-hydroxylation sites is 2. The Kier molecular flexibility index (Phi) is 3.97. The van der Waals surface area contributed by atoms with E-state index >= 15 is 0 Å². The summed E-state index contributed by atoms with van der Waals surface area (Å²) in [5, 5.41) is 2.70. The molecule has 2 N–H and O–H groups in total. The molecule has 5 nitrogen and oxygen atoms in total. The van der Waals surface area contributed by atoms with Crippen molar-refractivity contribution in [3.05, 3.63) is 58.5 Å². The highest BCUT2D eigenvalue weighted by Crippen LogP contribution is 2.23. The van der Waals surface area contributed by atoms with Gasteiger partial charge in [-0.1, -0.05) is 18.2 Å². The summed E-state index contributed by atoms with van der Waals surface area (Å²) in [7, 11) is 0. The predicted molar refractivity (Wildman–Crippen MR) is 72.6 cm³/mol. The number of benzene rings is 1. The Morgan fingerprint density at radius 1 is 1.21 bits per heavy atom. The second-order valence-electron chi connectivity index (χ2n) is 3.81. The first-order valence-electron chi connectivity index (χ1n) is 5.93. The fourth-order valence-electron chi connectivity index (χ4n) is 1.62. The first-order chi connectivity index (χ1) is 9.20. The van der Waals surface area contributed by atoms with Gasteiger partial charge >= 0.3 is 0 Å². The van der Waals surface area contributed by atoms with Gasteiger partial charge in [0.15, 0.2) is 0 Å². The predicted octanol–water partition coefficient (Wildman–Crippen LogP) is 2.03. The molecular formula is C14H14N2O3. The van der Waals surface area contributed by atoms with Crippen molar-refractivity contribution in [2.75, 3.05) is 11.9 Å². The molecule has 0 unspecified atom stereocenters. The maximum absolute atomic E-state index is 12.0. The molecular weight excluding hydrogens is 244 g/mol. The number of rotatable bonds is 4. The number of anilines is 1. The van der Waals surface area contributed by atoms with Gasteiger partial charge in [0, 0.05) is 6.07 Å². The molecule has 0 fully saturated rings. The smallest absolute Gasteiger partial charge is 0.272 e. The van der Waals surface area contributed by atoms with Crippen LogP contribution in [0, 0.1) is 0 Å². The molecule has 0 atom stereocenters. The van der Waals surface area contributed by atoms with Gasteiger partial charge in [0.2, 0.25) is 5.56 Å². The molecule has 0 aliphatic carbocycles. The number of amides is 1. The Balaban J connectivity index is 2.21. The van der Waals surface area contributed by atoms with E-state index in [0.717, 1.165) is 0 Å². The van der Waals surface area contributed by atoms with Gasteiger partial charge in [-0.05, 0) is 25.1 Å². The Morgan fingerprint density at radius 3 is 2.74 bits per heavy atom. The van der Waals surface area contributed by atoms with Crippen molar-refractivity contribution >= 4 is 11.6 Å². The molecule has 1 heterocycles. The van der Waals surface area contributed by atoms with Crippen LogP contribution in [0.2, 0.25) is 0 Å². The van der Waals surface area contributed by atoms with Gasteiger partial charge in [-0.15, -0.1) is 0 Å². The lowest BCUT2D eigenvalue weighted by Gasteiger charge is -2.10. The number of nitrogens with one attached hydrogen (secondary N) is 2. The summed E-state index contributed by atoms with van der Waals surface area (Å²) < 4.78 is 5.41. The molecule has 0 saturated heterocycles. The third-order valence-electron chi connectivity index (χ3n) is 2.45. The standard InChI is InChI=1S/C14H14N2O3/c1-2-19-12-8-4-3-6-10(12)16-14(18)11-7-5-9-13(17)15-11/h3-9H,2H2,1H3,(H,15,17)(H,16,18). The van der Waals surface area contributed by atoms with Crippen LogP contribution < -0.4 is 15.6 Å². The Morgan fingerprint density at radius 2 is 2.00 bits per heavy atom. The third-order valence-corrected chi connectivity index (χ3v) is 2.45. The lowest BCUT2D eigenvalue weighted by Crippen LogP contribution is -2.18. The number of pyridine rings is 1. The molecule has 0 radical (unpaired) electrons. The Bertz CT molecular complexity index is 634. The number of hydrogen-bond donors (Lipinski definition) is 2. The van der Waals surface area contributed by atoms with Crippen LogP contribution in [0.25, 0.3) is 0 Å². The van der Waals surface area contributed by atoms with Crippen LogP contribution >= 0.6 is 0 Å². The molecule has 1 aromatic carbocycles. The first-order valence-corrected chi connectivity index (χ1v) is 5.93. The molecule has 0 spiro atoms. The maximum Gasteiger partial charge on any atom is 0.272 e. The summed E-state index contributed by atoms with van der Waals surface area (Å²) in [4.78, 5) is 25.6. The fraction of sp³-hybridized carbons (Fsp3) is 0.143. The molecule has 0 aliphatic rings. The van der Waals surface area contributed by atoms with Crippen molar-refractivity contribution < 1.29 is 9.53 Å². The lowest BCUT2D eigenvalue weighted by atomic mass is 10.2. The average molecular weight is 258 g/mol. The normalized spacial score (nSPS) is 9.95. The summed E-state index contributed by atoms with van der Waals surface area (Å²) in [5.41, 5.74) is 0.462. The van der Waals surface area contributed by atoms with Crippen molar-refractivity contribution in [2.45, 2.75) is 6.92 Å². The van der Waals surface area contributed by atoms with Crippen LogP contribution in [-0.4, -0.2) is 17.5 Å². The first kappa shape index (κ1) is 12.9. The molecule has 0 aliphatic heterocycles. The fourth-order valence-corrected chi connectivity index (χ4v) is 1.62. The summed E-state index contributed by atoms with van der Waals surface area (Å²) in [6.45, 7) is 2.38. The van der Waals surface area contributed by atoms with E-state index in [9.17, 15) is 9.59 Å². The third kappa shape index (κ3) is 3.22. The van der Waals surface area contributed by atoms with Crippen LogP contribution in [0.4, 0.5) is 5.69 Å². The van der Waals surface area contributed by atoms with Crippen LogP contribution in [0.5, 0.6) is 5.75 Å². The van der Waals surface area contributed by atoms with Crippen LogP contribution in [0.1, 0.15) is 17.4 Å². The van der Waals surface area contributed by atoms with Gasteiger partial charge in [0.1, 0.15) is 11.4 Å². The number of aromatic nitrogens is 1. The van der Waals surface area contributed by atoms with Gasteiger partial charge < -0.3 is 15.0 Å². The molecule has 2 aromatic rings. The molecule has 1 aromatic heterocycles. The zero-order valence-corrected chi connectivity index (χ0v) is 10.5. The van der Waals surface area contributed by atoms with Gasteiger partial charge in [-0.3, -0.25) is 9.59 Å². The topological polar surface area (TPSA) is 71.2 Å². The van der Waals surface area contributed by atoms with E-state index in [4.69, 9.17) is 4.74 Å². The van der Waals surface area contributed by atoms with Crippen molar-refractivity contribution in [2.24, 2.45) is 0 Å². The van der Waals surface area contributed by atoms with Crippen LogP contribution in [0.3, 0.4) is 0 Å². The number of H-pyrrole nitrogens is 1. The van der Waals surface area contributed by atoms with Crippen molar-refractivity contribution in [1.29, 1.82) is 0 Å². The number of hydrogen-bond acceptors (Lipinski definition) is 3. The number of ether oxygens (including phenoxy) is 1. The molecule has 19 heavy (non-hydrogen) atoms. The van der Waals surface area contributed by atoms with E-state index in [1.165, 1.54) is 12.1 Å². The molecule has 5 heteroatoms. The van der Waals surface area contributed by atoms with Crippen molar-refractivity contribution in [3.63, 3.8) is 0 Å². The lowest BCUT2D eigenvalue weighted by molar-refractivity contribution is 0.102. The minimum atomic E-state index is -0.384. The molecule has 0 bridgehead atoms. The molecule has 2 rings (SSSR count). The van der Waals surface area contributed by atoms with Crippen molar-refractivity contribution in [1.82, 2.24) is 4.98 Å². The average Bonchev–Trinajstić information content (AvgIpc) is 2.41. The number of aromatic amines is 1. The largest absolute Gasteiger partial charge is 0.492 e. The SMILES string of the molecule is CCOc1ccccc1NC(=O)c1cccc(=O)[nH]1. The van der Waals surface area contributed by atoms with E-state index in [1.54, 1.807) is 24.3 Å². The second kappa shape index (κ2) is 5.86. The number of carbonyl (C=O) groups is 1. The molecule has 0 saturated carbocycles.